The summed E-state index contributed by atoms with van der Waals surface area (Å²) in [6.45, 7) is 7.91. The molecule has 2 heteroatoms. The van der Waals surface area contributed by atoms with Crippen LogP contribution in [0.1, 0.15) is 25.0 Å². The van der Waals surface area contributed by atoms with Gasteiger partial charge in [0.25, 0.3) is 0 Å². The zero-order valence-electron chi connectivity index (χ0n) is 10.6. The van der Waals surface area contributed by atoms with E-state index in [-0.39, 0.29) is 0 Å². The number of hydrogen-bond donors (Lipinski definition) is 1. The summed E-state index contributed by atoms with van der Waals surface area (Å²) in [5.74, 6) is 0. The van der Waals surface area contributed by atoms with Crippen LogP contribution >= 0.6 is 0 Å². The van der Waals surface area contributed by atoms with Gasteiger partial charge in [-0.2, -0.15) is 0 Å². The number of hydrogen-bond acceptors (Lipinski definition) is 2. The van der Waals surface area contributed by atoms with E-state index in [9.17, 15) is 0 Å². The Kier molecular flexibility index (Phi) is 5.21. The minimum absolute atomic E-state index is 1.07. The first-order valence-corrected chi connectivity index (χ1v) is 5.83. The maximum absolute atomic E-state index is 5.50. The fourth-order valence-electron chi connectivity index (χ4n) is 1.69. The van der Waals surface area contributed by atoms with Crippen LogP contribution in [0.5, 0.6) is 0 Å². The highest BCUT2D eigenvalue weighted by Gasteiger charge is 2.06. The molecule has 0 aromatic heterocycles. The first kappa shape index (κ1) is 13.2. The van der Waals surface area contributed by atoms with Gasteiger partial charge in [-0.25, -0.2) is 0 Å². The van der Waals surface area contributed by atoms with Gasteiger partial charge >= 0.3 is 0 Å². The molecule has 1 heterocycles. The van der Waals surface area contributed by atoms with Gasteiger partial charge < -0.3 is 10.3 Å². The third-order valence-corrected chi connectivity index (χ3v) is 2.66. The molecule has 1 aromatic carbocycles. The number of nitrogens with one attached hydrogen (secondary N) is 1. The van der Waals surface area contributed by atoms with Crippen molar-refractivity contribution >= 4 is 12.8 Å². The van der Waals surface area contributed by atoms with Gasteiger partial charge in [0.1, 0.15) is 0 Å². The van der Waals surface area contributed by atoms with E-state index < -0.39 is 0 Å². The predicted molar refractivity (Wildman–Crippen MR) is 75.2 cm³/mol. The quantitative estimate of drug-likeness (QED) is 0.785. The molecule has 0 aliphatic carbocycles. The Morgan fingerprint density at radius 3 is 2.35 bits per heavy atom. The minimum atomic E-state index is 1.07. The topological polar surface area (TPSA) is 27.1 Å². The molecule has 0 spiro atoms. The van der Waals surface area contributed by atoms with Crippen molar-refractivity contribution in [2.24, 2.45) is 0 Å². The van der Waals surface area contributed by atoms with E-state index in [0.29, 0.717) is 0 Å². The summed E-state index contributed by atoms with van der Waals surface area (Å²) in [6.07, 6.45) is 7.56. The van der Waals surface area contributed by atoms with Crippen molar-refractivity contribution in [3.63, 3.8) is 0 Å². The Morgan fingerprint density at radius 2 is 1.88 bits per heavy atom. The lowest BCUT2D eigenvalue weighted by molar-refractivity contribution is 0.486. The Labute approximate surface area is 104 Å². The lowest BCUT2D eigenvalue weighted by atomic mass is 10.1. The second kappa shape index (κ2) is 6.69. The molecule has 0 saturated heterocycles. The zero-order valence-corrected chi connectivity index (χ0v) is 10.6. The first-order chi connectivity index (χ1) is 8.28. The highest BCUT2D eigenvalue weighted by atomic mass is 15.1. The number of nitrogens with zero attached hydrogens (tertiary/aromatic N) is 1. The molecule has 1 aliphatic heterocycles. The fourth-order valence-corrected chi connectivity index (χ4v) is 1.69. The van der Waals surface area contributed by atoms with Crippen LogP contribution in [0, 0.1) is 5.41 Å². The summed E-state index contributed by atoms with van der Waals surface area (Å²) in [7, 11) is 0. The van der Waals surface area contributed by atoms with Gasteiger partial charge in [-0.3, -0.25) is 0 Å². The van der Waals surface area contributed by atoms with Gasteiger partial charge in [0.15, 0.2) is 0 Å². The summed E-state index contributed by atoms with van der Waals surface area (Å²) in [5, 5.41) is 5.50. The molecule has 1 aliphatic rings. The molecule has 2 rings (SSSR count). The zero-order chi connectivity index (χ0) is 12.7. The number of benzene rings is 1. The first-order valence-electron chi connectivity index (χ1n) is 5.83. The average Bonchev–Trinajstić information content (AvgIpc) is 2.36. The van der Waals surface area contributed by atoms with Crippen molar-refractivity contribution in [3.05, 3.63) is 53.4 Å². The molecule has 0 amide bonds. The predicted octanol–water partition coefficient (Wildman–Crippen LogP) is 3.70. The van der Waals surface area contributed by atoms with Crippen LogP contribution in [0.15, 0.2) is 42.2 Å². The van der Waals surface area contributed by atoms with Gasteiger partial charge in [-0.1, -0.05) is 31.2 Å². The van der Waals surface area contributed by atoms with Gasteiger partial charge in [0, 0.05) is 18.9 Å². The fraction of sp³-hybridized carbons (Fsp3) is 0.267. The Morgan fingerprint density at radius 1 is 1.29 bits per heavy atom. The normalized spacial score (nSPS) is 13.8. The average molecular weight is 228 g/mol. The van der Waals surface area contributed by atoms with E-state index in [1.165, 1.54) is 16.7 Å². The largest absolute Gasteiger partial charge is 0.350 e. The summed E-state index contributed by atoms with van der Waals surface area (Å²) < 4.78 is 0. The van der Waals surface area contributed by atoms with E-state index in [1.807, 2.05) is 0 Å². The van der Waals surface area contributed by atoms with E-state index in [1.54, 1.807) is 0 Å². The van der Waals surface area contributed by atoms with Crippen molar-refractivity contribution in [3.8, 4) is 0 Å². The highest BCUT2D eigenvalue weighted by Crippen LogP contribution is 2.14. The van der Waals surface area contributed by atoms with Crippen LogP contribution in [0.25, 0.3) is 6.08 Å². The van der Waals surface area contributed by atoms with Gasteiger partial charge in [-0.15, -0.1) is 0 Å². The molecule has 2 nitrogen and oxygen atoms in total. The van der Waals surface area contributed by atoms with Crippen molar-refractivity contribution in [1.82, 2.24) is 4.90 Å². The molecule has 0 fully saturated rings. The second-order valence-electron chi connectivity index (χ2n) is 4.06. The number of rotatable bonds is 3. The molecule has 1 N–H and O–H groups in total. The van der Waals surface area contributed by atoms with E-state index in [2.05, 4.69) is 68.2 Å². The third kappa shape index (κ3) is 3.91. The monoisotopic (exact) mass is 228 g/mol. The number of aryl methyl sites for hydroxylation is 1. The molecule has 0 unspecified atom stereocenters. The standard InChI is InChI=1S/C14H17N.CH3N/c1-3-13-4-6-14(7-5-13)8-9-15-10-12(2)11-15;1-2/h4-10H,3,11H2,1-2H3;2H,1H2/b9-8+;. The van der Waals surface area contributed by atoms with E-state index in [0.717, 1.165) is 13.0 Å². The summed E-state index contributed by atoms with van der Waals surface area (Å²) in [4.78, 5) is 2.20. The van der Waals surface area contributed by atoms with E-state index in [4.69, 9.17) is 5.41 Å². The summed E-state index contributed by atoms with van der Waals surface area (Å²) >= 11 is 0. The Balaban J connectivity index is 0.000000686. The van der Waals surface area contributed by atoms with Gasteiger partial charge in [0.05, 0.1) is 0 Å². The molecule has 0 saturated carbocycles. The molecule has 1 aromatic rings. The van der Waals surface area contributed by atoms with E-state index >= 15 is 0 Å². The molecule has 90 valence electrons. The lowest BCUT2D eigenvalue weighted by Gasteiger charge is -2.25. The Hall–Kier alpha value is -1.83. The minimum Gasteiger partial charge on any atom is -0.350 e. The highest BCUT2D eigenvalue weighted by molar-refractivity contribution is 5.50. The molecule has 17 heavy (non-hydrogen) atoms. The molecule has 0 bridgehead atoms. The van der Waals surface area contributed by atoms with Crippen LogP contribution in [0.2, 0.25) is 0 Å². The van der Waals surface area contributed by atoms with Crippen molar-refractivity contribution in [2.45, 2.75) is 20.3 Å². The third-order valence-electron chi connectivity index (χ3n) is 2.66. The SMILES string of the molecule is C=N.CCc1ccc(/C=C/N2C=C(C)C2)cc1. The Bertz CT molecular complexity index is 401. The van der Waals surface area contributed by atoms with Crippen LogP contribution in [0.3, 0.4) is 0 Å². The molecule has 0 radical (unpaired) electrons. The molecular weight excluding hydrogens is 208 g/mol. The van der Waals surface area contributed by atoms with Crippen molar-refractivity contribution in [1.29, 1.82) is 5.41 Å². The summed E-state index contributed by atoms with van der Waals surface area (Å²) in [6, 6.07) is 8.73. The molecule has 0 atom stereocenters. The lowest BCUT2D eigenvalue weighted by Crippen LogP contribution is -2.22. The smallest absolute Gasteiger partial charge is 0.0444 e. The van der Waals surface area contributed by atoms with Gasteiger partial charge in [-0.05, 0) is 42.8 Å². The van der Waals surface area contributed by atoms with Crippen molar-refractivity contribution < 1.29 is 0 Å². The summed E-state index contributed by atoms with van der Waals surface area (Å²) in [5.41, 5.74) is 4.11. The van der Waals surface area contributed by atoms with Crippen molar-refractivity contribution in [2.75, 3.05) is 6.54 Å². The maximum atomic E-state index is 5.50. The second-order valence-corrected chi connectivity index (χ2v) is 4.06. The van der Waals surface area contributed by atoms with Crippen LogP contribution < -0.4 is 0 Å². The maximum Gasteiger partial charge on any atom is 0.0444 e. The van der Waals surface area contributed by atoms with Gasteiger partial charge in [0.2, 0.25) is 0 Å². The van der Waals surface area contributed by atoms with Crippen LogP contribution in [0.4, 0.5) is 0 Å². The van der Waals surface area contributed by atoms with Crippen LogP contribution in [-0.2, 0) is 6.42 Å². The van der Waals surface area contributed by atoms with Crippen LogP contribution in [-0.4, -0.2) is 18.2 Å². The molecular formula is C15H20N2.